The molecule has 0 radical (unpaired) electrons. The number of aromatic nitrogens is 3. The monoisotopic (exact) mass is 442 g/mol. The fourth-order valence-electron chi connectivity index (χ4n) is 4.65. The third-order valence-electron chi connectivity index (χ3n) is 6.44. The van der Waals surface area contributed by atoms with Crippen molar-refractivity contribution in [3.63, 3.8) is 0 Å². The van der Waals surface area contributed by atoms with Gasteiger partial charge in [0.2, 0.25) is 10.0 Å². The van der Waals surface area contributed by atoms with Gasteiger partial charge in [0.1, 0.15) is 11.4 Å². The highest BCUT2D eigenvalue weighted by atomic mass is 32.2. The molecule has 0 bridgehead atoms. The first kappa shape index (κ1) is 20.4. The molecule has 0 N–H and O–H groups in total. The largest absolute Gasteiger partial charge is 0.356 e. The molecule has 5 rings (SSSR count). The molecule has 1 aliphatic carbocycles. The van der Waals surface area contributed by atoms with Crippen LogP contribution in [0.4, 0.5) is 0 Å². The summed E-state index contributed by atoms with van der Waals surface area (Å²) in [5.74, 6) is 0.0757. The van der Waals surface area contributed by atoms with Crippen molar-refractivity contribution in [3.8, 4) is 0 Å². The second-order valence-corrected chi connectivity index (χ2v) is 10.5. The van der Waals surface area contributed by atoms with Crippen LogP contribution in [0, 0.1) is 5.92 Å². The van der Waals surface area contributed by atoms with Gasteiger partial charge in [0.15, 0.2) is 5.58 Å². The summed E-state index contributed by atoms with van der Waals surface area (Å²) in [4.78, 5) is 12.5. The Labute approximate surface area is 180 Å². The highest BCUT2D eigenvalue weighted by molar-refractivity contribution is 7.88. The summed E-state index contributed by atoms with van der Waals surface area (Å²) in [5.41, 5.74) is 3.13. The quantitative estimate of drug-likeness (QED) is 0.602. The van der Waals surface area contributed by atoms with Crippen molar-refractivity contribution in [2.24, 2.45) is 5.92 Å². The van der Waals surface area contributed by atoms with Gasteiger partial charge in [-0.05, 0) is 62.1 Å². The van der Waals surface area contributed by atoms with E-state index in [2.05, 4.69) is 10.3 Å². The van der Waals surface area contributed by atoms with E-state index in [0.29, 0.717) is 43.8 Å². The van der Waals surface area contributed by atoms with Crippen molar-refractivity contribution in [2.75, 3.05) is 13.1 Å². The number of para-hydroxylation sites is 1. The molecule has 0 unspecified atom stereocenters. The van der Waals surface area contributed by atoms with Gasteiger partial charge in [-0.1, -0.05) is 17.3 Å². The van der Waals surface area contributed by atoms with Crippen LogP contribution in [0.25, 0.3) is 11.0 Å². The standard InChI is InChI=1S/C22H26N4O4S/c27-22-13-17-5-1-3-7-19(17)23-26(22)14-16-9-11-25(12-10-16)31(28,29)15-20-18-6-2-4-8-21(18)30-24-20/h2,4,6,8,13,16H,1,3,5,7,9-12,14-15H2. The zero-order chi connectivity index (χ0) is 21.4. The molecule has 0 amide bonds. The maximum atomic E-state index is 13.0. The van der Waals surface area contributed by atoms with Gasteiger partial charge in [0.05, 0.1) is 5.69 Å². The zero-order valence-electron chi connectivity index (χ0n) is 17.4. The minimum Gasteiger partial charge on any atom is -0.356 e. The SMILES string of the molecule is O=c1cc2c(nn1CC1CCN(S(=O)(=O)Cc3noc4ccccc34)CC1)CCCC2. The Bertz CT molecular complexity index is 1260. The second-order valence-electron chi connectivity index (χ2n) is 8.57. The zero-order valence-corrected chi connectivity index (χ0v) is 18.2. The van der Waals surface area contributed by atoms with Gasteiger partial charge >= 0.3 is 0 Å². The Hall–Kier alpha value is -2.52. The van der Waals surface area contributed by atoms with Crippen molar-refractivity contribution < 1.29 is 12.9 Å². The lowest BCUT2D eigenvalue weighted by molar-refractivity contribution is 0.243. The molecule has 31 heavy (non-hydrogen) atoms. The van der Waals surface area contributed by atoms with Crippen molar-refractivity contribution >= 4 is 21.0 Å². The third-order valence-corrected chi connectivity index (χ3v) is 8.23. The van der Waals surface area contributed by atoms with E-state index < -0.39 is 10.0 Å². The summed E-state index contributed by atoms with van der Waals surface area (Å²) in [7, 11) is -3.49. The summed E-state index contributed by atoms with van der Waals surface area (Å²) in [5, 5.41) is 9.31. The highest BCUT2D eigenvalue weighted by Gasteiger charge is 2.30. The van der Waals surface area contributed by atoms with Gasteiger partial charge in [-0.3, -0.25) is 4.79 Å². The molecule has 2 aromatic heterocycles. The number of aryl methyl sites for hydroxylation is 2. The first-order valence-corrected chi connectivity index (χ1v) is 12.5. The van der Waals surface area contributed by atoms with Gasteiger partial charge in [-0.2, -0.15) is 5.10 Å². The fourth-order valence-corrected chi connectivity index (χ4v) is 6.16. The smallest absolute Gasteiger partial charge is 0.267 e. The van der Waals surface area contributed by atoms with Gasteiger partial charge in [0, 0.05) is 31.1 Å². The van der Waals surface area contributed by atoms with Crippen LogP contribution in [0.5, 0.6) is 0 Å². The molecule has 0 spiro atoms. The number of rotatable bonds is 5. The molecular formula is C22H26N4O4S. The predicted molar refractivity (Wildman–Crippen MR) is 116 cm³/mol. The molecular weight excluding hydrogens is 416 g/mol. The number of fused-ring (bicyclic) bond motifs is 2. The molecule has 164 valence electrons. The van der Waals surface area contributed by atoms with Crippen molar-refractivity contribution in [1.82, 2.24) is 19.2 Å². The van der Waals surface area contributed by atoms with Crippen LogP contribution in [0.1, 0.15) is 42.6 Å². The lowest BCUT2D eigenvalue weighted by atomic mass is 9.96. The second kappa shape index (κ2) is 8.20. The molecule has 0 atom stereocenters. The maximum Gasteiger partial charge on any atom is 0.267 e. The number of benzene rings is 1. The molecule has 1 saturated heterocycles. The molecule has 8 nitrogen and oxygen atoms in total. The summed E-state index contributed by atoms with van der Waals surface area (Å²) in [6.45, 7) is 1.44. The van der Waals surface area contributed by atoms with E-state index in [0.717, 1.165) is 42.3 Å². The van der Waals surface area contributed by atoms with Crippen LogP contribution >= 0.6 is 0 Å². The van der Waals surface area contributed by atoms with Crippen LogP contribution < -0.4 is 5.56 Å². The Kier molecular flexibility index (Phi) is 5.39. The normalized spacial score (nSPS) is 18.3. The lowest BCUT2D eigenvalue weighted by Crippen LogP contribution is -2.41. The number of piperidine rings is 1. The molecule has 1 aromatic carbocycles. The maximum absolute atomic E-state index is 13.0. The van der Waals surface area contributed by atoms with E-state index in [1.807, 2.05) is 18.2 Å². The Morgan fingerprint density at radius 1 is 1.10 bits per heavy atom. The Balaban J connectivity index is 1.23. The summed E-state index contributed by atoms with van der Waals surface area (Å²) >= 11 is 0. The predicted octanol–water partition coefficient (Wildman–Crippen LogP) is 2.51. The van der Waals surface area contributed by atoms with E-state index in [1.165, 1.54) is 4.31 Å². The molecule has 3 heterocycles. The molecule has 0 saturated carbocycles. The molecule has 1 fully saturated rings. The lowest BCUT2D eigenvalue weighted by Gasteiger charge is -2.31. The number of nitrogens with zero attached hydrogens (tertiary/aromatic N) is 4. The third kappa shape index (κ3) is 4.16. The van der Waals surface area contributed by atoms with Crippen molar-refractivity contribution in [3.05, 3.63) is 57.6 Å². The first-order valence-electron chi connectivity index (χ1n) is 10.9. The van der Waals surface area contributed by atoms with Crippen LogP contribution in [0.15, 0.2) is 39.6 Å². The summed E-state index contributed by atoms with van der Waals surface area (Å²) < 4.78 is 34.3. The van der Waals surface area contributed by atoms with Crippen molar-refractivity contribution in [1.29, 1.82) is 0 Å². The fraction of sp³-hybridized carbons (Fsp3) is 0.500. The van der Waals surface area contributed by atoms with Gasteiger partial charge in [0.25, 0.3) is 5.56 Å². The minimum atomic E-state index is -3.49. The average molecular weight is 443 g/mol. The van der Waals surface area contributed by atoms with Gasteiger partial charge in [-0.25, -0.2) is 17.4 Å². The molecule has 2 aliphatic rings. The van der Waals surface area contributed by atoms with Gasteiger partial charge in [-0.15, -0.1) is 0 Å². The molecule has 9 heteroatoms. The first-order chi connectivity index (χ1) is 15.0. The average Bonchev–Trinajstić information content (AvgIpc) is 3.17. The number of hydrogen-bond acceptors (Lipinski definition) is 6. The Morgan fingerprint density at radius 3 is 2.71 bits per heavy atom. The topological polar surface area (TPSA) is 98.3 Å². The van der Waals surface area contributed by atoms with Gasteiger partial charge < -0.3 is 4.52 Å². The van der Waals surface area contributed by atoms with Crippen LogP contribution in [0.3, 0.4) is 0 Å². The molecule has 3 aromatic rings. The van der Waals surface area contributed by atoms with E-state index in [4.69, 9.17) is 4.52 Å². The van der Waals surface area contributed by atoms with Crippen LogP contribution in [-0.2, 0) is 35.2 Å². The van der Waals surface area contributed by atoms with Crippen LogP contribution in [0.2, 0.25) is 0 Å². The van der Waals surface area contributed by atoms with Crippen molar-refractivity contribution in [2.45, 2.75) is 50.8 Å². The van der Waals surface area contributed by atoms with E-state index >= 15 is 0 Å². The Morgan fingerprint density at radius 2 is 1.87 bits per heavy atom. The number of hydrogen-bond donors (Lipinski definition) is 0. The number of sulfonamides is 1. The minimum absolute atomic E-state index is 0.0476. The van der Waals surface area contributed by atoms with E-state index in [1.54, 1.807) is 16.8 Å². The molecule has 1 aliphatic heterocycles. The highest BCUT2D eigenvalue weighted by Crippen LogP contribution is 2.25. The van der Waals surface area contributed by atoms with E-state index in [9.17, 15) is 13.2 Å². The summed E-state index contributed by atoms with van der Waals surface area (Å²) in [6.07, 6.45) is 5.54. The summed E-state index contributed by atoms with van der Waals surface area (Å²) in [6, 6.07) is 9.02. The van der Waals surface area contributed by atoms with E-state index in [-0.39, 0.29) is 17.2 Å². The van der Waals surface area contributed by atoms with Crippen LogP contribution in [-0.4, -0.2) is 40.7 Å².